The van der Waals surface area contributed by atoms with Crippen LogP contribution in [0.3, 0.4) is 0 Å². The van der Waals surface area contributed by atoms with Gasteiger partial charge in [0.25, 0.3) is 0 Å². The highest BCUT2D eigenvalue weighted by Crippen LogP contribution is 2.65. The number of benzene rings is 9. The summed E-state index contributed by atoms with van der Waals surface area (Å²) in [6.45, 7) is 0. The Labute approximate surface area is 299 Å². The van der Waals surface area contributed by atoms with Crippen LogP contribution >= 0.6 is 11.3 Å². The van der Waals surface area contributed by atoms with Gasteiger partial charge in [0.2, 0.25) is 0 Å². The van der Waals surface area contributed by atoms with Gasteiger partial charge in [0, 0.05) is 37.2 Å². The minimum atomic E-state index is -0.377. The first-order valence-electron chi connectivity index (χ1n) is 17.7. The monoisotopic (exact) mass is 663 g/mol. The van der Waals surface area contributed by atoms with E-state index < -0.39 is 0 Å². The van der Waals surface area contributed by atoms with Gasteiger partial charge in [0.15, 0.2) is 0 Å². The highest BCUT2D eigenvalue weighted by molar-refractivity contribution is 7.26. The van der Waals surface area contributed by atoms with Crippen LogP contribution in [0.2, 0.25) is 0 Å². The van der Waals surface area contributed by atoms with Gasteiger partial charge < -0.3 is 4.90 Å². The van der Waals surface area contributed by atoms with E-state index in [1.54, 1.807) is 0 Å². The van der Waals surface area contributed by atoms with Crippen LogP contribution in [0.25, 0.3) is 64.0 Å². The number of hydrogen-bond donors (Lipinski definition) is 0. The molecule has 10 aromatic rings. The van der Waals surface area contributed by atoms with E-state index in [0.717, 1.165) is 17.1 Å². The van der Waals surface area contributed by atoms with Gasteiger partial charge in [0.1, 0.15) is 0 Å². The Hall–Kier alpha value is -6.22. The van der Waals surface area contributed by atoms with Crippen molar-refractivity contribution in [1.82, 2.24) is 0 Å². The molecule has 12 rings (SSSR count). The van der Waals surface area contributed by atoms with Gasteiger partial charge in [0.05, 0.1) is 5.41 Å². The summed E-state index contributed by atoms with van der Waals surface area (Å²) in [5, 5.41) is 8.09. The molecule has 0 atom stereocenters. The Morgan fingerprint density at radius 2 is 0.922 bits per heavy atom. The second kappa shape index (κ2) is 9.94. The highest BCUT2D eigenvalue weighted by atomic mass is 32.1. The number of thiophene rings is 1. The molecule has 0 saturated heterocycles. The number of fused-ring (bicyclic) bond motifs is 14. The quantitative estimate of drug-likeness (QED) is 0.170. The Balaban J connectivity index is 1.25. The van der Waals surface area contributed by atoms with E-state index in [0.29, 0.717) is 0 Å². The topological polar surface area (TPSA) is 3.24 Å². The van der Waals surface area contributed by atoms with E-state index in [9.17, 15) is 0 Å². The lowest BCUT2D eigenvalue weighted by molar-refractivity contribution is 0.795. The summed E-state index contributed by atoms with van der Waals surface area (Å²) in [4.78, 5) is 2.38. The maximum atomic E-state index is 2.56. The fourth-order valence-electron chi connectivity index (χ4n) is 9.75. The number of rotatable bonds is 3. The molecule has 51 heavy (non-hydrogen) atoms. The molecule has 1 aromatic heterocycles. The standard InChI is InChI=1S/C49H29NS/c1-3-14-30(15-4-1)50(31-16-5-2-6-17-31)32-26-27-36-38(28-32)35-21-13-25-43-46(35)48-44(51-43)29-42-45(47(36)48)37-20-9-12-24-41(37)49(42)39-22-10-7-18-33(39)34-19-8-11-23-40(34)49/h1-29H. The van der Waals surface area contributed by atoms with Crippen LogP contribution in [0.15, 0.2) is 176 Å². The van der Waals surface area contributed by atoms with Gasteiger partial charge in [-0.15, -0.1) is 11.3 Å². The summed E-state index contributed by atoms with van der Waals surface area (Å²) in [5.74, 6) is 0. The summed E-state index contributed by atoms with van der Waals surface area (Å²) < 4.78 is 2.71. The van der Waals surface area contributed by atoms with E-state index in [-0.39, 0.29) is 5.41 Å². The molecule has 1 spiro atoms. The zero-order valence-electron chi connectivity index (χ0n) is 27.6. The zero-order valence-corrected chi connectivity index (χ0v) is 28.4. The Bertz CT molecular complexity index is 2940. The van der Waals surface area contributed by atoms with Crippen molar-refractivity contribution in [3.8, 4) is 22.3 Å². The normalized spacial score (nSPS) is 13.6. The van der Waals surface area contributed by atoms with Crippen molar-refractivity contribution in [2.45, 2.75) is 5.41 Å². The first-order chi connectivity index (χ1) is 25.3. The van der Waals surface area contributed by atoms with E-state index in [2.05, 4.69) is 181 Å². The fourth-order valence-corrected chi connectivity index (χ4v) is 10.9. The molecule has 0 aliphatic heterocycles. The van der Waals surface area contributed by atoms with Gasteiger partial charge in [-0.05, 0) is 115 Å². The van der Waals surface area contributed by atoms with Gasteiger partial charge >= 0.3 is 0 Å². The largest absolute Gasteiger partial charge is 0.310 e. The van der Waals surface area contributed by atoms with Gasteiger partial charge in [-0.3, -0.25) is 0 Å². The Morgan fingerprint density at radius 1 is 0.353 bits per heavy atom. The predicted molar refractivity (Wildman–Crippen MR) is 217 cm³/mol. The minimum absolute atomic E-state index is 0.377. The summed E-state index contributed by atoms with van der Waals surface area (Å²) >= 11 is 1.94. The molecular weight excluding hydrogens is 635 g/mol. The third kappa shape index (κ3) is 3.41. The molecule has 1 heterocycles. The van der Waals surface area contributed by atoms with Crippen LogP contribution < -0.4 is 4.90 Å². The van der Waals surface area contributed by atoms with Gasteiger partial charge in [-0.1, -0.05) is 127 Å². The van der Waals surface area contributed by atoms with E-state index in [4.69, 9.17) is 0 Å². The van der Waals surface area contributed by atoms with E-state index in [1.807, 2.05) is 11.3 Å². The Kier molecular flexibility index (Phi) is 5.38. The molecule has 0 amide bonds. The first kappa shape index (κ1) is 27.6. The van der Waals surface area contributed by atoms with Crippen molar-refractivity contribution < 1.29 is 0 Å². The van der Waals surface area contributed by atoms with Crippen LogP contribution in [-0.4, -0.2) is 0 Å². The second-order valence-corrected chi connectivity index (χ2v) is 15.0. The Morgan fingerprint density at radius 3 is 1.59 bits per heavy atom. The van der Waals surface area contributed by atoms with Crippen LogP contribution in [0.5, 0.6) is 0 Å². The first-order valence-corrected chi connectivity index (χ1v) is 18.5. The molecule has 236 valence electrons. The fraction of sp³-hybridized carbons (Fsp3) is 0.0204. The summed E-state index contributed by atoms with van der Waals surface area (Å²) in [6.07, 6.45) is 0. The number of nitrogens with zero attached hydrogens (tertiary/aromatic N) is 1. The van der Waals surface area contributed by atoms with Crippen molar-refractivity contribution in [3.63, 3.8) is 0 Å². The number of anilines is 3. The smallest absolute Gasteiger partial charge is 0.0726 e. The molecule has 1 nitrogen and oxygen atoms in total. The van der Waals surface area contributed by atoms with E-state index in [1.165, 1.54) is 86.2 Å². The van der Waals surface area contributed by atoms with Crippen molar-refractivity contribution in [1.29, 1.82) is 0 Å². The third-order valence-electron chi connectivity index (χ3n) is 11.6. The molecular formula is C49H29NS. The summed E-state index contributed by atoms with van der Waals surface area (Å²) in [7, 11) is 0. The average Bonchev–Trinajstić information content (AvgIpc) is 3.82. The molecule has 0 saturated carbocycles. The van der Waals surface area contributed by atoms with Gasteiger partial charge in [-0.2, -0.15) is 0 Å². The highest BCUT2D eigenvalue weighted by Gasteiger charge is 2.52. The molecule has 0 unspecified atom stereocenters. The lowest BCUT2D eigenvalue weighted by atomic mass is 9.70. The van der Waals surface area contributed by atoms with E-state index >= 15 is 0 Å². The zero-order chi connectivity index (χ0) is 33.3. The van der Waals surface area contributed by atoms with Crippen molar-refractivity contribution in [2.75, 3.05) is 4.90 Å². The number of hydrogen-bond acceptors (Lipinski definition) is 2. The average molecular weight is 664 g/mol. The molecule has 2 aliphatic carbocycles. The van der Waals surface area contributed by atoms with Crippen LogP contribution in [0, 0.1) is 0 Å². The third-order valence-corrected chi connectivity index (χ3v) is 12.7. The van der Waals surface area contributed by atoms with Gasteiger partial charge in [-0.25, -0.2) is 0 Å². The lowest BCUT2D eigenvalue weighted by Gasteiger charge is -2.30. The molecule has 9 aromatic carbocycles. The van der Waals surface area contributed by atoms with Crippen molar-refractivity contribution in [3.05, 3.63) is 198 Å². The molecule has 2 aliphatic rings. The summed E-state index contributed by atoms with van der Waals surface area (Å²) in [5.41, 5.74) is 14.1. The molecule has 2 heteroatoms. The van der Waals surface area contributed by atoms with Crippen LogP contribution in [0.1, 0.15) is 22.3 Å². The molecule has 0 N–H and O–H groups in total. The predicted octanol–water partition coefficient (Wildman–Crippen LogP) is 13.6. The molecule has 0 bridgehead atoms. The van der Waals surface area contributed by atoms with Crippen molar-refractivity contribution >= 4 is 70.1 Å². The number of para-hydroxylation sites is 2. The minimum Gasteiger partial charge on any atom is -0.310 e. The SMILES string of the molecule is c1ccc(N(c2ccccc2)c2ccc3c(c2)c2cccc4sc5cc6c(c3c5c42)-c2ccccc2C62c3ccccc3-c3ccccc32)cc1. The summed E-state index contributed by atoms with van der Waals surface area (Å²) in [6, 6.07) is 65.6. The van der Waals surface area contributed by atoms with Crippen molar-refractivity contribution in [2.24, 2.45) is 0 Å². The maximum Gasteiger partial charge on any atom is 0.0726 e. The van der Waals surface area contributed by atoms with Crippen LogP contribution in [0.4, 0.5) is 17.1 Å². The van der Waals surface area contributed by atoms with Crippen LogP contribution in [-0.2, 0) is 5.41 Å². The molecule has 0 radical (unpaired) electrons. The maximum absolute atomic E-state index is 2.56. The second-order valence-electron chi connectivity index (χ2n) is 14.0. The lowest BCUT2D eigenvalue weighted by Crippen LogP contribution is -2.25. The molecule has 0 fully saturated rings.